The summed E-state index contributed by atoms with van der Waals surface area (Å²) >= 11 is 0. The molecule has 9 heteroatoms. The van der Waals surface area contributed by atoms with Crippen molar-refractivity contribution in [3.05, 3.63) is 35.9 Å². The van der Waals surface area contributed by atoms with Crippen molar-refractivity contribution in [2.75, 3.05) is 32.4 Å². The summed E-state index contributed by atoms with van der Waals surface area (Å²) < 4.78 is 33.1. The molecule has 2 bridgehead atoms. The van der Waals surface area contributed by atoms with E-state index in [1.165, 1.54) is 12.8 Å². The third-order valence-corrected chi connectivity index (χ3v) is 7.28. The first-order valence-corrected chi connectivity index (χ1v) is 11.3. The largest absolute Gasteiger partial charge is 0.374 e. The van der Waals surface area contributed by atoms with Gasteiger partial charge in [0.25, 0.3) is 0 Å². The predicted octanol–water partition coefficient (Wildman–Crippen LogP) is 1.41. The van der Waals surface area contributed by atoms with Gasteiger partial charge in [-0.05, 0) is 18.4 Å². The molecule has 7 nitrogen and oxygen atoms in total. The van der Waals surface area contributed by atoms with Crippen LogP contribution in [0.25, 0.3) is 0 Å². The highest BCUT2D eigenvalue weighted by Crippen LogP contribution is 2.47. The lowest BCUT2D eigenvalue weighted by molar-refractivity contribution is 0.0767. The average Bonchev–Trinajstić information content (AvgIpc) is 3.37. The molecule has 0 amide bonds. The lowest BCUT2D eigenvalue weighted by Crippen LogP contribution is -2.43. The SMILES string of the molecule is CN=C(NCCS(=O)(=O)NCc1ccccc1)N1CC2C3CCC(O3)C2C1.I. The zero-order chi connectivity index (χ0) is 18.9. The van der Waals surface area contributed by atoms with Crippen molar-refractivity contribution >= 4 is 40.0 Å². The summed E-state index contributed by atoms with van der Waals surface area (Å²) in [6, 6.07) is 9.53. The van der Waals surface area contributed by atoms with E-state index in [1.54, 1.807) is 7.05 Å². The molecular formula is C19H29IN4O3S. The van der Waals surface area contributed by atoms with Crippen LogP contribution in [0.15, 0.2) is 35.3 Å². The molecule has 4 rings (SSSR count). The highest BCUT2D eigenvalue weighted by atomic mass is 127. The van der Waals surface area contributed by atoms with Gasteiger partial charge in [0.05, 0.1) is 18.0 Å². The first kappa shape index (κ1) is 21.8. The molecule has 3 saturated heterocycles. The molecular weight excluding hydrogens is 491 g/mol. The smallest absolute Gasteiger partial charge is 0.213 e. The monoisotopic (exact) mass is 520 g/mol. The van der Waals surface area contributed by atoms with Crippen LogP contribution in [0.5, 0.6) is 0 Å². The van der Waals surface area contributed by atoms with E-state index in [0.717, 1.165) is 24.6 Å². The van der Waals surface area contributed by atoms with Gasteiger partial charge in [0.15, 0.2) is 5.96 Å². The molecule has 0 aromatic heterocycles. The Labute approximate surface area is 184 Å². The first-order chi connectivity index (χ1) is 13.1. The van der Waals surface area contributed by atoms with Crippen molar-refractivity contribution in [1.29, 1.82) is 0 Å². The zero-order valence-electron chi connectivity index (χ0n) is 16.1. The average molecular weight is 520 g/mol. The number of sulfonamides is 1. The second-order valence-corrected chi connectivity index (χ2v) is 9.55. The van der Waals surface area contributed by atoms with Crippen LogP contribution in [-0.2, 0) is 21.3 Å². The summed E-state index contributed by atoms with van der Waals surface area (Å²) in [5.74, 6) is 2.01. The quantitative estimate of drug-likeness (QED) is 0.337. The van der Waals surface area contributed by atoms with Gasteiger partial charge in [0.2, 0.25) is 10.0 Å². The number of likely N-dealkylation sites (tertiary alicyclic amines) is 1. The van der Waals surface area contributed by atoms with E-state index in [4.69, 9.17) is 4.74 Å². The maximum Gasteiger partial charge on any atom is 0.213 e. The number of fused-ring (bicyclic) bond motifs is 5. The highest BCUT2D eigenvalue weighted by Gasteiger charge is 2.53. The van der Waals surface area contributed by atoms with Crippen LogP contribution in [-0.4, -0.2) is 63.9 Å². The van der Waals surface area contributed by atoms with Crippen molar-refractivity contribution in [1.82, 2.24) is 14.9 Å². The van der Waals surface area contributed by atoms with E-state index in [1.807, 2.05) is 30.3 Å². The topological polar surface area (TPSA) is 83.0 Å². The number of hydrogen-bond donors (Lipinski definition) is 2. The Morgan fingerprint density at radius 1 is 1.18 bits per heavy atom. The Morgan fingerprint density at radius 2 is 1.82 bits per heavy atom. The molecule has 156 valence electrons. The van der Waals surface area contributed by atoms with Crippen molar-refractivity contribution in [3.8, 4) is 0 Å². The van der Waals surface area contributed by atoms with Crippen LogP contribution in [0.4, 0.5) is 0 Å². The number of rotatable bonds is 6. The van der Waals surface area contributed by atoms with E-state index in [9.17, 15) is 8.42 Å². The summed E-state index contributed by atoms with van der Waals surface area (Å²) in [4.78, 5) is 6.61. The maximum absolute atomic E-state index is 12.2. The first-order valence-electron chi connectivity index (χ1n) is 9.68. The number of benzene rings is 1. The van der Waals surface area contributed by atoms with Gasteiger partial charge >= 0.3 is 0 Å². The Bertz CT molecular complexity index is 772. The zero-order valence-corrected chi connectivity index (χ0v) is 19.2. The minimum absolute atomic E-state index is 0. The molecule has 3 fully saturated rings. The van der Waals surface area contributed by atoms with E-state index in [2.05, 4.69) is 19.9 Å². The molecule has 0 radical (unpaired) electrons. The number of ether oxygens (including phenoxy) is 1. The van der Waals surface area contributed by atoms with Crippen LogP contribution in [0.2, 0.25) is 0 Å². The molecule has 3 heterocycles. The number of aliphatic imine (C=N–C) groups is 1. The van der Waals surface area contributed by atoms with E-state index in [-0.39, 0.29) is 29.7 Å². The van der Waals surface area contributed by atoms with Crippen molar-refractivity contribution in [2.24, 2.45) is 16.8 Å². The second kappa shape index (κ2) is 9.27. The molecule has 28 heavy (non-hydrogen) atoms. The van der Waals surface area contributed by atoms with Crippen LogP contribution in [0, 0.1) is 11.8 Å². The van der Waals surface area contributed by atoms with E-state index >= 15 is 0 Å². The fourth-order valence-corrected chi connectivity index (χ4v) is 5.53. The molecule has 0 aliphatic carbocycles. The minimum Gasteiger partial charge on any atom is -0.374 e. The number of nitrogens with zero attached hydrogens (tertiary/aromatic N) is 2. The van der Waals surface area contributed by atoms with E-state index < -0.39 is 10.0 Å². The number of hydrogen-bond acceptors (Lipinski definition) is 4. The highest BCUT2D eigenvalue weighted by molar-refractivity contribution is 14.0. The Kier molecular flexibility index (Phi) is 7.21. The number of nitrogens with one attached hydrogen (secondary N) is 2. The third kappa shape index (κ3) is 4.80. The van der Waals surface area contributed by atoms with Crippen LogP contribution < -0.4 is 10.0 Å². The van der Waals surface area contributed by atoms with Gasteiger partial charge in [-0.25, -0.2) is 13.1 Å². The van der Waals surface area contributed by atoms with Crippen LogP contribution in [0.1, 0.15) is 18.4 Å². The Morgan fingerprint density at radius 3 is 2.43 bits per heavy atom. The number of guanidine groups is 1. The van der Waals surface area contributed by atoms with Gasteiger partial charge in [-0.2, -0.15) is 0 Å². The van der Waals surface area contributed by atoms with Gasteiger partial charge < -0.3 is 15.0 Å². The molecule has 4 unspecified atom stereocenters. The van der Waals surface area contributed by atoms with Gasteiger partial charge in [-0.15, -0.1) is 24.0 Å². The van der Waals surface area contributed by atoms with Gasteiger partial charge in [0.1, 0.15) is 0 Å². The normalized spacial score (nSPS) is 28.9. The van der Waals surface area contributed by atoms with Crippen molar-refractivity contribution < 1.29 is 13.2 Å². The molecule has 1 aromatic rings. The fourth-order valence-electron chi connectivity index (χ4n) is 4.62. The second-order valence-electron chi connectivity index (χ2n) is 7.62. The fraction of sp³-hybridized carbons (Fsp3) is 0.632. The molecule has 3 aliphatic rings. The predicted molar refractivity (Wildman–Crippen MR) is 120 cm³/mol. The summed E-state index contributed by atoms with van der Waals surface area (Å²) in [6.07, 6.45) is 3.17. The molecule has 4 atom stereocenters. The van der Waals surface area contributed by atoms with Gasteiger partial charge in [-0.3, -0.25) is 4.99 Å². The molecule has 1 aromatic carbocycles. The van der Waals surface area contributed by atoms with Crippen LogP contribution in [0.3, 0.4) is 0 Å². The standard InChI is InChI=1S/C19H28N4O3S.HI/c1-20-19(23-12-15-16(13-23)18-8-7-17(15)26-18)21-9-10-27(24,25)22-11-14-5-3-2-4-6-14;/h2-6,15-18,22H,7-13H2,1H3,(H,20,21);1H. The molecule has 2 N–H and O–H groups in total. The van der Waals surface area contributed by atoms with E-state index in [0.29, 0.717) is 37.1 Å². The summed E-state index contributed by atoms with van der Waals surface area (Å²) in [5, 5.41) is 3.22. The van der Waals surface area contributed by atoms with Crippen molar-refractivity contribution in [3.63, 3.8) is 0 Å². The van der Waals surface area contributed by atoms with Gasteiger partial charge in [0, 0.05) is 45.1 Å². The molecule has 3 aliphatic heterocycles. The molecule has 0 spiro atoms. The van der Waals surface area contributed by atoms with Crippen LogP contribution >= 0.6 is 24.0 Å². The Hall–Kier alpha value is -0.910. The summed E-state index contributed by atoms with van der Waals surface area (Å²) in [6.45, 7) is 2.55. The van der Waals surface area contributed by atoms with Gasteiger partial charge in [-0.1, -0.05) is 30.3 Å². The van der Waals surface area contributed by atoms with Crippen molar-refractivity contribution in [2.45, 2.75) is 31.6 Å². The lowest BCUT2D eigenvalue weighted by Gasteiger charge is -2.23. The summed E-state index contributed by atoms with van der Waals surface area (Å²) in [7, 11) is -1.58. The molecule has 0 saturated carbocycles. The minimum atomic E-state index is -3.34. The Balaban J connectivity index is 0.00000225. The third-order valence-electron chi connectivity index (χ3n) is 5.96. The maximum atomic E-state index is 12.2. The summed E-state index contributed by atoms with van der Waals surface area (Å²) in [5.41, 5.74) is 0.949. The lowest BCUT2D eigenvalue weighted by atomic mass is 9.82. The number of halogens is 1.